The van der Waals surface area contributed by atoms with Gasteiger partial charge in [-0.15, -0.1) is 22.9 Å². The smallest absolute Gasteiger partial charge is 0.261 e. The Morgan fingerprint density at radius 1 is 1.39 bits per heavy atom. The van der Waals surface area contributed by atoms with Gasteiger partial charge in [0, 0.05) is 16.4 Å². The third-order valence-electron chi connectivity index (χ3n) is 3.20. The van der Waals surface area contributed by atoms with Crippen LogP contribution in [0.1, 0.15) is 35.4 Å². The summed E-state index contributed by atoms with van der Waals surface area (Å²) in [5, 5.41) is 3.35. The van der Waals surface area contributed by atoms with Crippen molar-refractivity contribution in [1.29, 1.82) is 0 Å². The molecule has 1 amide bonds. The van der Waals surface area contributed by atoms with Crippen LogP contribution in [-0.2, 0) is 0 Å². The molecule has 0 aliphatic heterocycles. The van der Waals surface area contributed by atoms with Crippen molar-refractivity contribution >= 4 is 60.7 Å². The van der Waals surface area contributed by atoms with E-state index >= 15 is 0 Å². The molecule has 1 aliphatic rings. The maximum Gasteiger partial charge on any atom is 0.261 e. The first-order chi connectivity index (χ1) is 8.56. The standard InChI is InChI=1S/C12H14Br2ClNOS/c13-9-5-10(18-11(9)14)12(17)16-6-7-1-3-8(15)4-2-7/h5,7-8H,1-4,6H2,(H,16,17). The average Bonchev–Trinajstić information content (AvgIpc) is 2.69. The molecule has 1 saturated carbocycles. The molecule has 2 rings (SSSR count). The molecule has 1 aliphatic carbocycles. The quantitative estimate of drug-likeness (QED) is 0.706. The predicted octanol–water partition coefficient (Wildman–Crippen LogP) is 4.80. The van der Waals surface area contributed by atoms with Crippen molar-refractivity contribution in [3.63, 3.8) is 0 Å². The molecule has 100 valence electrons. The van der Waals surface area contributed by atoms with Gasteiger partial charge in [0.25, 0.3) is 5.91 Å². The average molecular weight is 416 g/mol. The molecule has 1 aromatic rings. The molecule has 0 atom stereocenters. The van der Waals surface area contributed by atoms with Gasteiger partial charge in [0.15, 0.2) is 0 Å². The lowest BCUT2D eigenvalue weighted by Crippen LogP contribution is -2.31. The molecular formula is C12H14Br2ClNOS. The molecule has 1 N–H and O–H groups in total. The van der Waals surface area contributed by atoms with Crippen molar-refractivity contribution in [1.82, 2.24) is 5.32 Å². The van der Waals surface area contributed by atoms with Crippen LogP contribution in [0.25, 0.3) is 0 Å². The topological polar surface area (TPSA) is 29.1 Å². The van der Waals surface area contributed by atoms with Crippen molar-refractivity contribution in [3.8, 4) is 0 Å². The summed E-state index contributed by atoms with van der Waals surface area (Å²) in [6.45, 7) is 0.760. The predicted molar refractivity (Wildman–Crippen MR) is 83.7 cm³/mol. The van der Waals surface area contributed by atoms with Crippen LogP contribution in [0.15, 0.2) is 14.3 Å². The molecule has 0 saturated heterocycles. The number of rotatable bonds is 3. The van der Waals surface area contributed by atoms with Crippen LogP contribution in [0.4, 0.5) is 0 Å². The molecule has 0 bridgehead atoms. The van der Waals surface area contributed by atoms with Gasteiger partial charge in [-0.05, 0) is 69.5 Å². The van der Waals surface area contributed by atoms with Gasteiger partial charge in [0.1, 0.15) is 0 Å². The van der Waals surface area contributed by atoms with E-state index in [4.69, 9.17) is 11.6 Å². The van der Waals surface area contributed by atoms with Crippen LogP contribution < -0.4 is 5.32 Å². The molecule has 1 heterocycles. The SMILES string of the molecule is O=C(NCC1CCC(Cl)CC1)c1cc(Br)c(Br)s1. The zero-order valence-electron chi connectivity index (χ0n) is 9.72. The van der Waals surface area contributed by atoms with Gasteiger partial charge >= 0.3 is 0 Å². The Labute approximate surface area is 133 Å². The fraction of sp³-hybridized carbons (Fsp3) is 0.583. The van der Waals surface area contributed by atoms with Crippen LogP contribution >= 0.6 is 54.8 Å². The van der Waals surface area contributed by atoms with E-state index in [1.54, 1.807) is 0 Å². The maximum absolute atomic E-state index is 11.9. The Bertz CT molecular complexity index is 410. The van der Waals surface area contributed by atoms with Gasteiger partial charge in [0.05, 0.1) is 8.66 Å². The molecule has 0 unspecified atom stereocenters. The number of carbonyl (C=O) groups excluding carboxylic acids is 1. The second-order valence-electron chi connectivity index (χ2n) is 4.56. The molecule has 18 heavy (non-hydrogen) atoms. The minimum absolute atomic E-state index is 0.0133. The highest BCUT2D eigenvalue weighted by molar-refractivity contribution is 9.13. The third-order valence-corrected chi connectivity index (χ3v) is 6.89. The van der Waals surface area contributed by atoms with E-state index in [0.29, 0.717) is 11.3 Å². The summed E-state index contributed by atoms with van der Waals surface area (Å²) in [5.41, 5.74) is 0. The first-order valence-electron chi connectivity index (χ1n) is 5.93. The largest absolute Gasteiger partial charge is 0.351 e. The molecule has 6 heteroatoms. The van der Waals surface area contributed by atoms with E-state index in [1.165, 1.54) is 11.3 Å². The summed E-state index contributed by atoms with van der Waals surface area (Å²) < 4.78 is 1.88. The second kappa shape index (κ2) is 6.73. The number of carbonyl (C=O) groups is 1. The van der Waals surface area contributed by atoms with Crippen molar-refractivity contribution in [2.24, 2.45) is 5.92 Å². The minimum atomic E-state index is 0.0133. The first kappa shape index (κ1) is 14.8. The summed E-state index contributed by atoms with van der Waals surface area (Å²) in [7, 11) is 0. The van der Waals surface area contributed by atoms with Crippen molar-refractivity contribution in [2.75, 3.05) is 6.54 Å². The summed E-state index contributed by atoms with van der Waals surface area (Å²) in [4.78, 5) is 12.7. The number of nitrogens with one attached hydrogen (secondary N) is 1. The van der Waals surface area contributed by atoms with Crippen LogP contribution in [0.3, 0.4) is 0 Å². The number of alkyl halides is 1. The van der Waals surface area contributed by atoms with E-state index < -0.39 is 0 Å². The summed E-state index contributed by atoms with van der Waals surface area (Å²) in [6, 6.07) is 1.85. The summed E-state index contributed by atoms with van der Waals surface area (Å²) in [5.74, 6) is 0.593. The maximum atomic E-state index is 11.9. The first-order valence-corrected chi connectivity index (χ1v) is 8.77. The van der Waals surface area contributed by atoms with Gasteiger partial charge in [-0.3, -0.25) is 4.79 Å². The number of halogens is 3. The summed E-state index contributed by atoms with van der Waals surface area (Å²) in [6.07, 6.45) is 4.37. The normalized spacial score (nSPS) is 23.9. The fourth-order valence-electron chi connectivity index (χ4n) is 2.11. The molecular weight excluding hydrogens is 401 g/mol. The molecule has 1 fully saturated rings. The molecule has 0 aromatic carbocycles. The molecule has 0 spiro atoms. The highest BCUT2D eigenvalue weighted by Gasteiger charge is 2.20. The molecule has 2 nitrogen and oxygen atoms in total. The monoisotopic (exact) mass is 413 g/mol. The van der Waals surface area contributed by atoms with Crippen molar-refractivity contribution in [3.05, 3.63) is 19.2 Å². The summed E-state index contributed by atoms with van der Waals surface area (Å²) >= 11 is 14.3. The number of hydrogen-bond donors (Lipinski definition) is 1. The van der Waals surface area contributed by atoms with Gasteiger partial charge in [-0.1, -0.05) is 0 Å². The van der Waals surface area contributed by atoms with Crippen LogP contribution in [0, 0.1) is 5.92 Å². The highest BCUT2D eigenvalue weighted by atomic mass is 79.9. The van der Waals surface area contributed by atoms with Crippen LogP contribution in [0.5, 0.6) is 0 Å². The van der Waals surface area contributed by atoms with E-state index in [0.717, 1.165) is 45.4 Å². The van der Waals surface area contributed by atoms with Gasteiger partial charge in [-0.25, -0.2) is 0 Å². The fourth-order valence-corrected chi connectivity index (χ4v) is 4.31. The Hall–Kier alpha value is 0.420. The third kappa shape index (κ3) is 3.95. The number of thiophene rings is 1. The lowest BCUT2D eigenvalue weighted by atomic mass is 9.89. The Kier molecular flexibility index (Phi) is 5.54. The van der Waals surface area contributed by atoms with Gasteiger partial charge < -0.3 is 5.32 Å². The van der Waals surface area contributed by atoms with Crippen molar-refractivity contribution in [2.45, 2.75) is 31.1 Å². The van der Waals surface area contributed by atoms with Crippen LogP contribution in [0.2, 0.25) is 0 Å². The van der Waals surface area contributed by atoms with Gasteiger partial charge in [0.2, 0.25) is 0 Å². The highest BCUT2D eigenvalue weighted by Crippen LogP contribution is 2.32. The molecule has 0 radical (unpaired) electrons. The second-order valence-corrected chi connectivity index (χ2v) is 8.40. The van der Waals surface area contributed by atoms with E-state index in [1.807, 2.05) is 6.07 Å². The lowest BCUT2D eigenvalue weighted by Gasteiger charge is -2.24. The Morgan fingerprint density at radius 3 is 2.61 bits per heavy atom. The number of amides is 1. The Morgan fingerprint density at radius 2 is 2.06 bits per heavy atom. The van der Waals surface area contributed by atoms with Crippen LogP contribution in [-0.4, -0.2) is 17.8 Å². The van der Waals surface area contributed by atoms with E-state index in [9.17, 15) is 4.79 Å². The zero-order chi connectivity index (χ0) is 13.1. The van der Waals surface area contributed by atoms with Gasteiger partial charge in [-0.2, -0.15) is 0 Å². The Balaban J connectivity index is 1.81. The number of hydrogen-bond acceptors (Lipinski definition) is 2. The van der Waals surface area contributed by atoms with E-state index in [2.05, 4.69) is 37.2 Å². The molecule has 1 aromatic heterocycles. The minimum Gasteiger partial charge on any atom is -0.351 e. The lowest BCUT2D eigenvalue weighted by molar-refractivity contribution is 0.0948. The van der Waals surface area contributed by atoms with Crippen molar-refractivity contribution < 1.29 is 4.79 Å². The van der Waals surface area contributed by atoms with E-state index in [-0.39, 0.29) is 5.91 Å². The zero-order valence-corrected chi connectivity index (χ0v) is 14.5.